The first-order valence-corrected chi connectivity index (χ1v) is 5.95. The lowest BCUT2D eigenvalue weighted by Gasteiger charge is -2.08. The number of nitrogens with zero attached hydrogens (tertiary/aromatic N) is 3. The third-order valence-corrected chi connectivity index (χ3v) is 2.90. The summed E-state index contributed by atoms with van der Waals surface area (Å²) >= 11 is 3.37. The van der Waals surface area contributed by atoms with Gasteiger partial charge < -0.3 is 10.5 Å². The van der Waals surface area contributed by atoms with Crippen LogP contribution < -0.4 is 10.5 Å². The molecule has 2 N–H and O–H groups in total. The molecule has 0 saturated carbocycles. The van der Waals surface area contributed by atoms with Gasteiger partial charge in [-0.15, -0.1) is 10.2 Å². The molecule has 2 rings (SSSR count). The summed E-state index contributed by atoms with van der Waals surface area (Å²) in [6.07, 6.45) is 1.26. The Labute approximate surface area is 112 Å². The maximum absolute atomic E-state index is 11.7. The van der Waals surface area contributed by atoms with Crippen LogP contribution in [0.1, 0.15) is 10.4 Å². The van der Waals surface area contributed by atoms with Crippen molar-refractivity contribution in [3.8, 4) is 5.75 Å². The number of aryl methyl sites for hydroxylation is 1. The molecule has 7 heteroatoms. The topological polar surface area (TPSA) is 83.0 Å². The number of nitrogens with two attached hydrogens (primary N) is 1. The molecule has 0 aliphatic carbocycles. The molecular formula is C11H11BrN4O2. The molecule has 18 heavy (non-hydrogen) atoms. The summed E-state index contributed by atoms with van der Waals surface area (Å²) in [5.41, 5.74) is 6.56. The number of carbonyl (C=O) groups excluding carboxylic acids is 1. The Morgan fingerprint density at radius 2 is 2.33 bits per heavy atom. The molecule has 6 nitrogen and oxygen atoms in total. The van der Waals surface area contributed by atoms with Gasteiger partial charge in [0.25, 0.3) is 5.91 Å². The van der Waals surface area contributed by atoms with Crippen molar-refractivity contribution in [2.75, 3.05) is 12.3 Å². The minimum atomic E-state index is -0.329. The normalized spacial score (nSPS) is 10.3. The molecule has 0 saturated heterocycles. The summed E-state index contributed by atoms with van der Waals surface area (Å²) in [4.78, 5) is 11.7. The van der Waals surface area contributed by atoms with Crippen LogP contribution in [-0.2, 0) is 0 Å². The number of ether oxygens (including phenoxy) is 1. The maximum Gasteiger partial charge on any atom is 0.272 e. The standard InChI is InChI=1S/C11H11BrN4O2/c1-7-2-3-9(8(12)4-7)18-5-10(17)16-6-14-15-11(16)13/h2-4,6H,5H2,1H3,(H2,13,15). The quantitative estimate of drug-likeness (QED) is 0.932. The van der Waals surface area contributed by atoms with Crippen molar-refractivity contribution in [3.05, 3.63) is 34.6 Å². The SMILES string of the molecule is Cc1ccc(OCC(=O)n2cnnc2N)c(Br)c1. The number of nitrogen functional groups attached to an aromatic ring is 1. The number of benzene rings is 1. The highest BCUT2D eigenvalue weighted by Crippen LogP contribution is 2.25. The minimum Gasteiger partial charge on any atom is -0.483 e. The largest absolute Gasteiger partial charge is 0.483 e. The number of halogens is 1. The monoisotopic (exact) mass is 310 g/mol. The number of aromatic nitrogens is 3. The molecule has 94 valence electrons. The van der Waals surface area contributed by atoms with E-state index in [0.717, 1.165) is 14.6 Å². The van der Waals surface area contributed by atoms with E-state index in [1.165, 1.54) is 6.33 Å². The molecule has 0 amide bonds. The molecule has 2 aromatic rings. The fourth-order valence-electron chi connectivity index (χ4n) is 1.37. The summed E-state index contributed by atoms with van der Waals surface area (Å²) in [5, 5.41) is 7.06. The first kappa shape index (κ1) is 12.6. The van der Waals surface area contributed by atoms with Gasteiger partial charge in [0.2, 0.25) is 5.95 Å². The van der Waals surface area contributed by atoms with E-state index in [2.05, 4.69) is 26.1 Å². The third-order valence-electron chi connectivity index (χ3n) is 2.28. The van der Waals surface area contributed by atoms with Crippen LogP contribution in [-0.4, -0.2) is 27.3 Å². The predicted molar refractivity (Wildman–Crippen MR) is 69.4 cm³/mol. The van der Waals surface area contributed by atoms with Crippen molar-refractivity contribution in [3.63, 3.8) is 0 Å². The second-order valence-electron chi connectivity index (χ2n) is 3.68. The fourth-order valence-corrected chi connectivity index (χ4v) is 1.98. The molecule has 0 atom stereocenters. The summed E-state index contributed by atoms with van der Waals surface area (Å²) in [6.45, 7) is 1.83. The van der Waals surface area contributed by atoms with Gasteiger partial charge in [-0.2, -0.15) is 0 Å². The van der Waals surface area contributed by atoms with Gasteiger partial charge in [-0.25, -0.2) is 4.57 Å². The van der Waals surface area contributed by atoms with Crippen LogP contribution in [0.2, 0.25) is 0 Å². The van der Waals surface area contributed by atoms with Crippen LogP contribution >= 0.6 is 15.9 Å². The summed E-state index contributed by atoms with van der Waals surface area (Å²) in [6, 6.07) is 5.60. The zero-order valence-corrected chi connectivity index (χ0v) is 11.2. The summed E-state index contributed by atoms with van der Waals surface area (Å²) in [7, 11) is 0. The van der Waals surface area contributed by atoms with Crippen molar-refractivity contribution in [2.24, 2.45) is 0 Å². The van der Waals surface area contributed by atoms with Gasteiger partial charge in [0, 0.05) is 0 Å². The van der Waals surface area contributed by atoms with Crippen LogP contribution in [0.25, 0.3) is 0 Å². The van der Waals surface area contributed by atoms with E-state index in [9.17, 15) is 4.79 Å². The molecule has 1 heterocycles. The van der Waals surface area contributed by atoms with E-state index < -0.39 is 0 Å². The second kappa shape index (κ2) is 5.18. The lowest BCUT2D eigenvalue weighted by atomic mass is 10.2. The highest BCUT2D eigenvalue weighted by Gasteiger charge is 2.11. The Hall–Kier alpha value is -1.89. The first-order chi connectivity index (χ1) is 8.58. The molecule has 0 aliphatic rings. The van der Waals surface area contributed by atoms with E-state index in [1.54, 1.807) is 6.07 Å². The van der Waals surface area contributed by atoms with Crippen LogP contribution in [0.4, 0.5) is 5.95 Å². The summed E-state index contributed by atoms with van der Waals surface area (Å²) in [5.74, 6) is 0.317. The third kappa shape index (κ3) is 2.67. The Morgan fingerprint density at radius 3 is 2.94 bits per heavy atom. The summed E-state index contributed by atoms with van der Waals surface area (Å²) < 4.78 is 7.34. The van der Waals surface area contributed by atoms with E-state index >= 15 is 0 Å². The Morgan fingerprint density at radius 1 is 1.56 bits per heavy atom. The average Bonchev–Trinajstić information content (AvgIpc) is 2.74. The number of hydrogen-bond donors (Lipinski definition) is 1. The lowest BCUT2D eigenvalue weighted by Crippen LogP contribution is -2.20. The van der Waals surface area contributed by atoms with Gasteiger partial charge in [-0.1, -0.05) is 6.07 Å². The molecule has 0 radical (unpaired) electrons. The highest BCUT2D eigenvalue weighted by molar-refractivity contribution is 9.10. The van der Waals surface area contributed by atoms with E-state index in [0.29, 0.717) is 5.75 Å². The Balaban J connectivity index is 2.04. The van der Waals surface area contributed by atoms with Gasteiger partial charge >= 0.3 is 0 Å². The predicted octanol–water partition coefficient (Wildman–Crippen LogP) is 1.65. The van der Waals surface area contributed by atoms with E-state index in [-0.39, 0.29) is 18.5 Å². The van der Waals surface area contributed by atoms with Crippen LogP contribution in [0.3, 0.4) is 0 Å². The van der Waals surface area contributed by atoms with Crippen molar-refractivity contribution >= 4 is 27.8 Å². The molecule has 0 fully saturated rings. The van der Waals surface area contributed by atoms with Gasteiger partial charge in [-0.3, -0.25) is 4.79 Å². The zero-order valence-electron chi connectivity index (χ0n) is 9.63. The molecule has 0 spiro atoms. The van der Waals surface area contributed by atoms with Crippen molar-refractivity contribution in [2.45, 2.75) is 6.92 Å². The van der Waals surface area contributed by atoms with E-state index in [4.69, 9.17) is 10.5 Å². The molecule has 1 aromatic heterocycles. The van der Waals surface area contributed by atoms with Crippen LogP contribution in [0.5, 0.6) is 5.75 Å². The molecule has 0 aliphatic heterocycles. The van der Waals surface area contributed by atoms with Crippen molar-refractivity contribution in [1.29, 1.82) is 0 Å². The van der Waals surface area contributed by atoms with Gasteiger partial charge in [0.05, 0.1) is 4.47 Å². The molecule has 0 bridgehead atoms. The number of anilines is 1. The molecule has 0 unspecified atom stereocenters. The smallest absolute Gasteiger partial charge is 0.272 e. The zero-order chi connectivity index (χ0) is 13.1. The van der Waals surface area contributed by atoms with Gasteiger partial charge in [0.1, 0.15) is 12.1 Å². The van der Waals surface area contributed by atoms with Gasteiger partial charge in [0.15, 0.2) is 6.61 Å². The van der Waals surface area contributed by atoms with Crippen LogP contribution in [0.15, 0.2) is 29.0 Å². The Bertz CT molecular complexity index is 582. The molecular weight excluding hydrogens is 300 g/mol. The van der Waals surface area contributed by atoms with Gasteiger partial charge in [-0.05, 0) is 40.5 Å². The van der Waals surface area contributed by atoms with Crippen molar-refractivity contribution < 1.29 is 9.53 Å². The number of carbonyl (C=O) groups is 1. The minimum absolute atomic E-state index is 0.0478. The highest BCUT2D eigenvalue weighted by atomic mass is 79.9. The van der Waals surface area contributed by atoms with E-state index in [1.807, 2.05) is 19.1 Å². The molecule has 1 aromatic carbocycles. The maximum atomic E-state index is 11.7. The fraction of sp³-hybridized carbons (Fsp3) is 0.182. The lowest BCUT2D eigenvalue weighted by molar-refractivity contribution is 0.0839. The number of rotatable bonds is 3. The first-order valence-electron chi connectivity index (χ1n) is 5.15. The number of hydrogen-bond acceptors (Lipinski definition) is 5. The second-order valence-corrected chi connectivity index (χ2v) is 4.53. The Kier molecular flexibility index (Phi) is 3.61. The van der Waals surface area contributed by atoms with Crippen molar-refractivity contribution in [1.82, 2.24) is 14.8 Å². The van der Waals surface area contributed by atoms with Crippen LogP contribution in [0, 0.1) is 6.92 Å². The average molecular weight is 311 g/mol.